The Balaban J connectivity index is 2.01. The maximum Gasteiger partial charge on any atom is 0.230 e. The van der Waals surface area contributed by atoms with E-state index >= 15 is 0 Å². The van der Waals surface area contributed by atoms with Crippen LogP contribution in [0.4, 0.5) is 5.82 Å². The minimum Gasteiger partial charge on any atom is -0.310 e. The number of nitriles is 1. The fraction of sp³-hybridized carbons (Fsp3) is 0.0714. The van der Waals surface area contributed by atoms with Crippen molar-refractivity contribution < 1.29 is 4.79 Å². The first-order chi connectivity index (χ1) is 9.19. The van der Waals surface area contributed by atoms with E-state index in [-0.39, 0.29) is 12.3 Å². The van der Waals surface area contributed by atoms with Crippen molar-refractivity contribution in [2.45, 2.75) is 6.42 Å². The molecule has 1 aromatic heterocycles. The number of nitrogens with one attached hydrogen (secondary N) is 1. The standard InChI is InChI=1S/C14H10ClN3O/c15-12-4-2-1-3-11(12)7-14(19)18-13-6-5-10(8-16)9-17-13/h1-6,9H,7H2,(H,17,18,19). The third-order valence-electron chi connectivity index (χ3n) is 2.47. The Morgan fingerprint density at radius 1 is 1.32 bits per heavy atom. The van der Waals surface area contributed by atoms with E-state index in [1.165, 1.54) is 6.20 Å². The predicted octanol–water partition coefficient (Wildman–Crippen LogP) is 2.79. The first-order valence-electron chi connectivity index (χ1n) is 5.58. The minimum atomic E-state index is -0.203. The Morgan fingerprint density at radius 3 is 2.74 bits per heavy atom. The minimum absolute atomic E-state index is 0.182. The molecule has 0 aliphatic rings. The SMILES string of the molecule is N#Cc1ccc(NC(=O)Cc2ccccc2Cl)nc1. The van der Waals surface area contributed by atoms with Gasteiger partial charge < -0.3 is 5.32 Å². The van der Waals surface area contributed by atoms with Crippen molar-refractivity contribution in [1.29, 1.82) is 5.26 Å². The number of pyridine rings is 1. The molecule has 0 unspecified atom stereocenters. The molecule has 0 fully saturated rings. The molecule has 0 aliphatic carbocycles. The van der Waals surface area contributed by atoms with Crippen molar-refractivity contribution in [2.24, 2.45) is 0 Å². The molecule has 5 heteroatoms. The number of carbonyl (C=O) groups excluding carboxylic acids is 1. The Labute approximate surface area is 115 Å². The lowest BCUT2D eigenvalue weighted by Gasteiger charge is -2.05. The third kappa shape index (κ3) is 3.54. The van der Waals surface area contributed by atoms with Gasteiger partial charge in [-0.3, -0.25) is 4.79 Å². The van der Waals surface area contributed by atoms with E-state index in [1.54, 1.807) is 24.3 Å². The lowest BCUT2D eigenvalue weighted by atomic mass is 10.1. The molecule has 0 saturated heterocycles. The number of nitrogens with zero attached hydrogens (tertiary/aromatic N) is 2. The van der Waals surface area contributed by atoms with Crippen LogP contribution in [0.15, 0.2) is 42.6 Å². The maximum absolute atomic E-state index is 11.8. The summed E-state index contributed by atoms with van der Waals surface area (Å²) in [7, 11) is 0. The molecule has 0 radical (unpaired) electrons. The van der Waals surface area contributed by atoms with Gasteiger partial charge in [0, 0.05) is 11.2 Å². The summed E-state index contributed by atoms with van der Waals surface area (Å²) >= 11 is 5.98. The zero-order chi connectivity index (χ0) is 13.7. The van der Waals surface area contributed by atoms with Gasteiger partial charge in [-0.15, -0.1) is 0 Å². The first kappa shape index (κ1) is 13.1. The van der Waals surface area contributed by atoms with Crippen LogP contribution in [0, 0.1) is 11.3 Å². The lowest BCUT2D eigenvalue weighted by molar-refractivity contribution is -0.115. The molecule has 4 nitrogen and oxygen atoms in total. The number of amides is 1. The number of halogens is 1. The van der Waals surface area contributed by atoms with Gasteiger partial charge in [-0.2, -0.15) is 5.26 Å². The molecule has 1 aromatic carbocycles. The van der Waals surface area contributed by atoms with Crippen LogP contribution in [0.3, 0.4) is 0 Å². The van der Waals surface area contributed by atoms with Gasteiger partial charge in [0.1, 0.15) is 11.9 Å². The van der Waals surface area contributed by atoms with Crippen molar-refractivity contribution in [3.05, 3.63) is 58.7 Å². The number of anilines is 1. The molecular weight excluding hydrogens is 262 g/mol. The largest absolute Gasteiger partial charge is 0.310 e. The second-order valence-electron chi connectivity index (χ2n) is 3.86. The number of rotatable bonds is 3. The number of hydrogen-bond donors (Lipinski definition) is 1. The van der Waals surface area contributed by atoms with Crippen molar-refractivity contribution >= 4 is 23.3 Å². The zero-order valence-corrected chi connectivity index (χ0v) is 10.7. The van der Waals surface area contributed by atoms with Crippen molar-refractivity contribution in [1.82, 2.24) is 4.98 Å². The molecule has 0 bridgehead atoms. The molecule has 2 aromatic rings. The van der Waals surface area contributed by atoms with Gasteiger partial charge in [-0.25, -0.2) is 4.98 Å². The van der Waals surface area contributed by atoms with E-state index in [1.807, 2.05) is 18.2 Å². The fourth-order valence-corrected chi connectivity index (χ4v) is 1.74. The number of aromatic nitrogens is 1. The van der Waals surface area contributed by atoms with Crippen LogP contribution in [0.5, 0.6) is 0 Å². The summed E-state index contributed by atoms with van der Waals surface area (Å²) in [6, 6.07) is 12.3. The van der Waals surface area contributed by atoms with E-state index in [0.717, 1.165) is 5.56 Å². The van der Waals surface area contributed by atoms with Crippen molar-refractivity contribution in [3.8, 4) is 6.07 Å². The van der Waals surface area contributed by atoms with Crippen LogP contribution in [-0.2, 0) is 11.2 Å². The second-order valence-corrected chi connectivity index (χ2v) is 4.27. The predicted molar refractivity (Wildman–Crippen MR) is 72.7 cm³/mol. The highest BCUT2D eigenvalue weighted by atomic mass is 35.5. The van der Waals surface area contributed by atoms with Gasteiger partial charge >= 0.3 is 0 Å². The third-order valence-corrected chi connectivity index (χ3v) is 2.84. The highest BCUT2D eigenvalue weighted by Gasteiger charge is 2.07. The molecule has 94 valence electrons. The molecule has 2 rings (SSSR count). The van der Waals surface area contributed by atoms with Crippen LogP contribution in [-0.4, -0.2) is 10.9 Å². The average Bonchev–Trinajstić information content (AvgIpc) is 2.42. The Bertz CT molecular complexity index is 632. The highest BCUT2D eigenvalue weighted by Crippen LogP contribution is 2.16. The van der Waals surface area contributed by atoms with Crippen LogP contribution in [0.2, 0.25) is 5.02 Å². The maximum atomic E-state index is 11.8. The normalized spacial score (nSPS) is 9.68. The monoisotopic (exact) mass is 271 g/mol. The van der Waals surface area contributed by atoms with Gasteiger partial charge in [0.2, 0.25) is 5.91 Å². The molecule has 19 heavy (non-hydrogen) atoms. The van der Waals surface area contributed by atoms with Crippen LogP contribution < -0.4 is 5.32 Å². The van der Waals surface area contributed by atoms with Crippen molar-refractivity contribution in [3.63, 3.8) is 0 Å². The smallest absolute Gasteiger partial charge is 0.230 e. The van der Waals surface area contributed by atoms with E-state index in [2.05, 4.69) is 10.3 Å². The molecule has 0 saturated carbocycles. The summed E-state index contributed by atoms with van der Waals surface area (Å²) in [5.41, 5.74) is 1.21. The van der Waals surface area contributed by atoms with E-state index in [0.29, 0.717) is 16.4 Å². The van der Waals surface area contributed by atoms with Gasteiger partial charge in [0.05, 0.1) is 12.0 Å². The van der Waals surface area contributed by atoms with E-state index in [4.69, 9.17) is 16.9 Å². The summed E-state index contributed by atoms with van der Waals surface area (Å²) in [5, 5.41) is 11.9. The zero-order valence-electron chi connectivity index (χ0n) is 9.93. The van der Waals surface area contributed by atoms with Gasteiger partial charge in [-0.1, -0.05) is 29.8 Å². The van der Waals surface area contributed by atoms with Crippen LogP contribution in [0.25, 0.3) is 0 Å². The van der Waals surface area contributed by atoms with E-state index in [9.17, 15) is 4.79 Å². The number of carbonyl (C=O) groups is 1. The molecular formula is C14H10ClN3O. The van der Waals surface area contributed by atoms with Crippen LogP contribution in [0.1, 0.15) is 11.1 Å². The summed E-state index contributed by atoms with van der Waals surface area (Å²) in [5.74, 6) is 0.210. The summed E-state index contributed by atoms with van der Waals surface area (Å²) in [4.78, 5) is 15.8. The van der Waals surface area contributed by atoms with Crippen LogP contribution >= 0.6 is 11.6 Å². The van der Waals surface area contributed by atoms with Gasteiger partial charge in [0.25, 0.3) is 0 Å². The number of benzene rings is 1. The lowest BCUT2D eigenvalue weighted by Crippen LogP contribution is -2.15. The Morgan fingerprint density at radius 2 is 2.11 bits per heavy atom. The molecule has 0 spiro atoms. The fourth-order valence-electron chi connectivity index (χ4n) is 1.54. The molecule has 1 heterocycles. The highest BCUT2D eigenvalue weighted by molar-refractivity contribution is 6.31. The topological polar surface area (TPSA) is 65.8 Å². The molecule has 1 N–H and O–H groups in total. The average molecular weight is 272 g/mol. The first-order valence-corrected chi connectivity index (χ1v) is 5.96. The van der Waals surface area contributed by atoms with E-state index < -0.39 is 0 Å². The molecule has 0 atom stereocenters. The summed E-state index contributed by atoms with van der Waals surface area (Å²) in [6.45, 7) is 0. The molecule has 1 amide bonds. The number of hydrogen-bond acceptors (Lipinski definition) is 3. The summed E-state index contributed by atoms with van der Waals surface area (Å²) in [6.07, 6.45) is 1.59. The Kier molecular flexibility index (Phi) is 4.11. The van der Waals surface area contributed by atoms with Crippen molar-refractivity contribution in [2.75, 3.05) is 5.32 Å². The quantitative estimate of drug-likeness (QED) is 0.933. The van der Waals surface area contributed by atoms with Gasteiger partial charge in [-0.05, 0) is 23.8 Å². The second kappa shape index (κ2) is 5.98. The summed E-state index contributed by atoms with van der Waals surface area (Å²) < 4.78 is 0. The Hall–Kier alpha value is -2.38. The van der Waals surface area contributed by atoms with Gasteiger partial charge in [0.15, 0.2) is 0 Å². The molecule has 0 aliphatic heterocycles.